The molecule has 0 aliphatic rings. The van der Waals surface area contributed by atoms with Crippen LogP contribution in [0.1, 0.15) is 0 Å². The second-order valence-corrected chi connectivity index (χ2v) is 3.62. The Kier molecular flexibility index (Phi) is 6.16. The van der Waals surface area contributed by atoms with Crippen LogP contribution in [0.3, 0.4) is 0 Å². The van der Waals surface area contributed by atoms with E-state index in [4.69, 9.17) is 46.4 Å². The first kappa shape index (κ1) is 12.8. The summed E-state index contributed by atoms with van der Waals surface area (Å²) in [6.07, 6.45) is 1.44. The number of esters is 2. The molecule has 0 saturated carbocycles. The van der Waals surface area contributed by atoms with Gasteiger partial charge in [0.05, 0.1) is 12.2 Å². The van der Waals surface area contributed by atoms with Gasteiger partial charge in [-0.3, -0.25) is 0 Å². The molecule has 0 aliphatic carbocycles. The van der Waals surface area contributed by atoms with E-state index in [-0.39, 0.29) is 8.98 Å². The van der Waals surface area contributed by atoms with Gasteiger partial charge in [-0.2, -0.15) is 0 Å². The van der Waals surface area contributed by atoms with Crippen LogP contribution in [0, 0.1) is 0 Å². The Bertz CT molecular complexity index is 246. The van der Waals surface area contributed by atoms with Gasteiger partial charge in [0.25, 0.3) is 0 Å². The lowest BCUT2D eigenvalue weighted by Gasteiger charge is -1.93. The van der Waals surface area contributed by atoms with E-state index in [1.54, 1.807) is 0 Å². The maximum Gasteiger partial charge on any atom is 0.341 e. The molecule has 0 aromatic heterocycles. The van der Waals surface area contributed by atoms with Gasteiger partial charge in [0, 0.05) is 0 Å². The van der Waals surface area contributed by atoms with Crippen LogP contribution < -0.4 is 0 Å². The summed E-state index contributed by atoms with van der Waals surface area (Å²) in [6.45, 7) is 0. The maximum atomic E-state index is 10.6. The SMILES string of the molecule is O=C(C=C(Cl)Cl)OC(=O)C=C(Cl)Cl. The third-order valence-electron chi connectivity index (χ3n) is 0.655. The third-order valence-corrected chi connectivity index (χ3v) is 1.09. The minimum Gasteiger partial charge on any atom is -0.386 e. The second kappa shape index (κ2) is 6.27. The molecule has 0 rings (SSSR count). The van der Waals surface area contributed by atoms with Crippen LogP contribution in [0.2, 0.25) is 0 Å². The van der Waals surface area contributed by atoms with E-state index in [9.17, 15) is 9.59 Å². The number of ether oxygens (including phenoxy) is 1. The summed E-state index contributed by atoms with van der Waals surface area (Å²) in [5.41, 5.74) is 0. The standard InChI is InChI=1S/C6H2Cl4O3/c7-3(8)1-5(11)13-6(12)2-4(9)10/h1-2H. The van der Waals surface area contributed by atoms with Crippen LogP contribution in [0.5, 0.6) is 0 Å². The molecule has 3 nitrogen and oxygen atoms in total. The number of carbonyl (C=O) groups excluding carboxylic acids is 2. The number of carbonyl (C=O) groups is 2. The second-order valence-electron chi connectivity index (χ2n) is 1.61. The molecule has 0 unspecified atom stereocenters. The average Bonchev–Trinajstić information content (AvgIpc) is 1.80. The number of rotatable bonds is 2. The van der Waals surface area contributed by atoms with E-state index < -0.39 is 11.9 Å². The molecule has 0 radical (unpaired) electrons. The average molecular weight is 264 g/mol. The highest BCUT2D eigenvalue weighted by molar-refractivity contribution is 6.57. The summed E-state index contributed by atoms with van der Waals surface area (Å²) < 4.78 is 3.46. The molecule has 13 heavy (non-hydrogen) atoms. The lowest BCUT2D eigenvalue weighted by Crippen LogP contribution is -2.07. The molecule has 0 aromatic rings. The van der Waals surface area contributed by atoms with Gasteiger partial charge in [0.2, 0.25) is 0 Å². The maximum absolute atomic E-state index is 10.6. The topological polar surface area (TPSA) is 43.4 Å². The van der Waals surface area contributed by atoms with Crippen molar-refractivity contribution in [2.75, 3.05) is 0 Å². The Hall–Kier alpha value is -0.220. The van der Waals surface area contributed by atoms with Crippen LogP contribution in [0.25, 0.3) is 0 Å². The molecule has 72 valence electrons. The summed E-state index contributed by atoms with van der Waals surface area (Å²) in [4.78, 5) is 21.3. The van der Waals surface area contributed by atoms with Crippen LogP contribution >= 0.6 is 46.4 Å². The quantitative estimate of drug-likeness (QED) is 0.437. The molecule has 0 aromatic carbocycles. The van der Waals surface area contributed by atoms with Crippen molar-refractivity contribution in [3.63, 3.8) is 0 Å². The molecule has 0 heterocycles. The van der Waals surface area contributed by atoms with Gasteiger partial charge in [-0.05, 0) is 0 Å². The molecular weight excluding hydrogens is 262 g/mol. The number of halogens is 4. The first-order valence-electron chi connectivity index (χ1n) is 2.73. The largest absolute Gasteiger partial charge is 0.386 e. The lowest BCUT2D eigenvalue weighted by atomic mass is 10.6. The van der Waals surface area contributed by atoms with Crippen molar-refractivity contribution in [1.29, 1.82) is 0 Å². The molecule has 0 N–H and O–H groups in total. The van der Waals surface area contributed by atoms with Gasteiger partial charge in [0.15, 0.2) is 0 Å². The molecule has 0 spiro atoms. The van der Waals surface area contributed by atoms with E-state index >= 15 is 0 Å². The lowest BCUT2D eigenvalue weighted by molar-refractivity contribution is -0.152. The zero-order valence-electron chi connectivity index (χ0n) is 5.89. The number of hydrogen-bond acceptors (Lipinski definition) is 3. The third kappa shape index (κ3) is 8.12. The van der Waals surface area contributed by atoms with Crippen LogP contribution in [-0.4, -0.2) is 11.9 Å². The van der Waals surface area contributed by atoms with E-state index in [0.29, 0.717) is 0 Å². The van der Waals surface area contributed by atoms with E-state index in [1.165, 1.54) is 0 Å². The van der Waals surface area contributed by atoms with Gasteiger partial charge >= 0.3 is 11.9 Å². The van der Waals surface area contributed by atoms with Gasteiger partial charge in [-0.25, -0.2) is 9.59 Å². The normalized spacial score (nSPS) is 8.62. The summed E-state index contributed by atoms with van der Waals surface area (Å²) >= 11 is 20.4. The summed E-state index contributed by atoms with van der Waals surface area (Å²) in [5.74, 6) is -2.01. The Morgan fingerprint density at radius 1 is 0.846 bits per heavy atom. The molecule has 0 saturated heterocycles. The summed E-state index contributed by atoms with van der Waals surface area (Å²) in [6, 6.07) is 0. The monoisotopic (exact) mass is 262 g/mol. The highest BCUT2D eigenvalue weighted by Gasteiger charge is 2.06. The van der Waals surface area contributed by atoms with Gasteiger partial charge in [-0.1, -0.05) is 46.4 Å². The Balaban J connectivity index is 4.16. The fraction of sp³-hybridized carbons (Fsp3) is 0. The van der Waals surface area contributed by atoms with E-state index in [0.717, 1.165) is 12.2 Å². The smallest absolute Gasteiger partial charge is 0.341 e. The van der Waals surface area contributed by atoms with Crippen LogP contribution in [0.4, 0.5) is 0 Å². The van der Waals surface area contributed by atoms with Crippen molar-refractivity contribution in [3.8, 4) is 0 Å². The van der Waals surface area contributed by atoms with Gasteiger partial charge in [0.1, 0.15) is 8.98 Å². The van der Waals surface area contributed by atoms with Gasteiger partial charge in [-0.15, -0.1) is 0 Å². The first-order chi connectivity index (χ1) is 5.91. The molecule has 0 fully saturated rings. The molecular formula is C6H2Cl4O3. The van der Waals surface area contributed by atoms with Crippen molar-refractivity contribution in [1.82, 2.24) is 0 Å². The van der Waals surface area contributed by atoms with Crippen molar-refractivity contribution >= 4 is 58.3 Å². The van der Waals surface area contributed by atoms with Crippen LogP contribution in [-0.2, 0) is 14.3 Å². The van der Waals surface area contributed by atoms with Crippen molar-refractivity contribution in [2.24, 2.45) is 0 Å². The van der Waals surface area contributed by atoms with E-state index in [2.05, 4.69) is 4.74 Å². The zero-order chi connectivity index (χ0) is 10.4. The fourth-order valence-corrected chi connectivity index (χ4v) is 0.693. The Labute approximate surface area is 93.8 Å². The van der Waals surface area contributed by atoms with Crippen molar-refractivity contribution in [2.45, 2.75) is 0 Å². The minimum atomic E-state index is -1.00. The Morgan fingerprint density at radius 3 is 1.38 bits per heavy atom. The van der Waals surface area contributed by atoms with Crippen molar-refractivity contribution in [3.05, 3.63) is 21.1 Å². The molecule has 0 bridgehead atoms. The molecule has 0 aliphatic heterocycles. The highest BCUT2D eigenvalue weighted by Crippen LogP contribution is 2.08. The van der Waals surface area contributed by atoms with Crippen LogP contribution in [0.15, 0.2) is 21.1 Å². The summed E-state index contributed by atoms with van der Waals surface area (Å²) in [7, 11) is 0. The predicted octanol–water partition coefficient (Wildman–Crippen LogP) is 2.69. The zero-order valence-corrected chi connectivity index (χ0v) is 8.92. The summed E-state index contributed by atoms with van der Waals surface area (Å²) in [5, 5.41) is 0. The Morgan fingerprint density at radius 2 is 1.15 bits per heavy atom. The molecule has 7 heteroatoms. The first-order valence-corrected chi connectivity index (χ1v) is 4.24. The van der Waals surface area contributed by atoms with Gasteiger partial charge < -0.3 is 4.74 Å². The predicted molar refractivity (Wildman–Crippen MR) is 50.7 cm³/mol. The van der Waals surface area contributed by atoms with E-state index in [1.807, 2.05) is 0 Å². The molecule has 0 amide bonds. The minimum absolute atomic E-state index is 0.321. The van der Waals surface area contributed by atoms with Crippen molar-refractivity contribution < 1.29 is 14.3 Å². The number of hydrogen-bond donors (Lipinski definition) is 0. The molecule has 0 atom stereocenters. The fourth-order valence-electron chi connectivity index (χ4n) is 0.336. The highest BCUT2D eigenvalue weighted by atomic mass is 35.5.